The molecule has 1 saturated heterocycles. The number of pyridine rings is 1. The van der Waals surface area contributed by atoms with Gasteiger partial charge >= 0.3 is 0 Å². The highest BCUT2D eigenvalue weighted by Crippen LogP contribution is 2.35. The Balaban J connectivity index is 1.56. The van der Waals surface area contributed by atoms with E-state index in [1.165, 1.54) is 17.5 Å². The van der Waals surface area contributed by atoms with E-state index in [1.807, 2.05) is 6.07 Å². The number of Topliss-reactive ketones (excluding diaryl/α,β-unsaturated/α-hetero) is 1. The van der Waals surface area contributed by atoms with Crippen molar-refractivity contribution < 1.29 is 14.0 Å². The summed E-state index contributed by atoms with van der Waals surface area (Å²) in [6, 6.07) is 10.1. The third kappa shape index (κ3) is 4.03. The maximum atomic E-state index is 14.2. The summed E-state index contributed by atoms with van der Waals surface area (Å²) in [5.41, 5.74) is 10.4. The number of halogens is 1. The van der Waals surface area contributed by atoms with Gasteiger partial charge in [0, 0.05) is 48.8 Å². The molecule has 35 heavy (non-hydrogen) atoms. The first-order chi connectivity index (χ1) is 16.8. The van der Waals surface area contributed by atoms with Gasteiger partial charge in [-0.15, -0.1) is 0 Å². The molecule has 8 nitrogen and oxygen atoms in total. The summed E-state index contributed by atoms with van der Waals surface area (Å²) in [6.45, 7) is 4.26. The number of piperidine rings is 1. The third-order valence-corrected chi connectivity index (χ3v) is 6.61. The topological polar surface area (TPSA) is 106 Å². The van der Waals surface area contributed by atoms with E-state index in [-0.39, 0.29) is 29.2 Å². The largest absolute Gasteiger partial charge is 0.383 e. The summed E-state index contributed by atoms with van der Waals surface area (Å²) in [5, 5.41) is 4.39. The van der Waals surface area contributed by atoms with Crippen LogP contribution in [-0.2, 0) is 4.79 Å². The molecule has 0 saturated carbocycles. The number of amides is 1. The molecule has 0 spiro atoms. The standard InChI is InChI=1S/C26H25FN6O2/c1-15(34)23-24(17-9-11-32(12-10-17)16(2)35)31-26-20(14-30-33(26)25(23)28)18-7-8-22(29-13-18)19-5-3-4-6-21(19)27/h3-8,13-14,17H,9-12,28H2,1-2H3. The van der Waals surface area contributed by atoms with Crippen LogP contribution in [-0.4, -0.2) is 49.3 Å². The van der Waals surface area contributed by atoms with Gasteiger partial charge in [0.15, 0.2) is 11.4 Å². The molecule has 5 rings (SSSR count). The minimum atomic E-state index is -0.338. The molecule has 4 aromatic rings. The van der Waals surface area contributed by atoms with Gasteiger partial charge in [0.25, 0.3) is 0 Å². The molecular formula is C26H25FN6O2. The number of rotatable bonds is 4. The number of nitrogen functional groups attached to an aromatic ring is 1. The number of carbonyl (C=O) groups is 2. The first kappa shape index (κ1) is 22.6. The molecule has 178 valence electrons. The van der Waals surface area contributed by atoms with E-state index in [4.69, 9.17) is 10.7 Å². The average Bonchev–Trinajstić information content (AvgIpc) is 3.28. The van der Waals surface area contributed by atoms with E-state index < -0.39 is 0 Å². The molecular weight excluding hydrogens is 447 g/mol. The van der Waals surface area contributed by atoms with E-state index >= 15 is 0 Å². The molecule has 0 bridgehead atoms. The molecule has 9 heteroatoms. The molecule has 2 N–H and O–H groups in total. The summed E-state index contributed by atoms with van der Waals surface area (Å²) < 4.78 is 15.6. The number of carbonyl (C=O) groups excluding carboxylic acids is 2. The van der Waals surface area contributed by atoms with Crippen LogP contribution in [0.15, 0.2) is 48.8 Å². The Morgan fingerprint density at radius 1 is 1.03 bits per heavy atom. The highest BCUT2D eigenvalue weighted by atomic mass is 19.1. The number of aromatic nitrogens is 4. The number of anilines is 1. The fraction of sp³-hybridized carbons (Fsp3) is 0.269. The van der Waals surface area contributed by atoms with Gasteiger partial charge in [0.2, 0.25) is 5.91 Å². The molecule has 0 radical (unpaired) electrons. The molecule has 1 aliphatic heterocycles. The first-order valence-electron chi connectivity index (χ1n) is 11.5. The summed E-state index contributed by atoms with van der Waals surface area (Å²) in [4.78, 5) is 35.4. The van der Waals surface area contributed by atoms with Crippen LogP contribution < -0.4 is 5.73 Å². The normalized spacial score (nSPS) is 14.4. The summed E-state index contributed by atoms with van der Waals surface area (Å²) in [6.07, 6.45) is 4.70. The van der Waals surface area contributed by atoms with Crippen molar-refractivity contribution in [1.82, 2.24) is 24.5 Å². The highest BCUT2D eigenvalue weighted by Gasteiger charge is 2.29. The lowest BCUT2D eigenvalue weighted by atomic mass is 9.89. The van der Waals surface area contributed by atoms with E-state index in [1.54, 1.807) is 48.5 Å². The predicted octanol–water partition coefficient (Wildman–Crippen LogP) is 4.11. The van der Waals surface area contributed by atoms with Crippen molar-refractivity contribution in [2.45, 2.75) is 32.6 Å². The molecule has 1 aliphatic rings. The lowest BCUT2D eigenvalue weighted by Gasteiger charge is -2.31. The third-order valence-electron chi connectivity index (χ3n) is 6.61. The van der Waals surface area contributed by atoms with Gasteiger partial charge in [0.1, 0.15) is 11.6 Å². The summed E-state index contributed by atoms with van der Waals surface area (Å²) >= 11 is 0. The maximum Gasteiger partial charge on any atom is 0.219 e. The van der Waals surface area contributed by atoms with Gasteiger partial charge < -0.3 is 10.6 Å². The van der Waals surface area contributed by atoms with Crippen LogP contribution >= 0.6 is 0 Å². The van der Waals surface area contributed by atoms with E-state index in [0.29, 0.717) is 59.7 Å². The van der Waals surface area contributed by atoms with Crippen LogP contribution in [0.3, 0.4) is 0 Å². The van der Waals surface area contributed by atoms with E-state index in [9.17, 15) is 14.0 Å². The minimum absolute atomic E-state index is 0.00102. The van der Waals surface area contributed by atoms with Gasteiger partial charge in [-0.25, -0.2) is 9.37 Å². The van der Waals surface area contributed by atoms with Crippen LogP contribution in [0.5, 0.6) is 0 Å². The second-order valence-corrected chi connectivity index (χ2v) is 8.80. The molecule has 0 unspecified atom stereocenters. The van der Waals surface area contributed by atoms with Crippen LogP contribution in [0.25, 0.3) is 28.0 Å². The Kier molecular flexibility index (Phi) is 5.76. The average molecular weight is 473 g/mol. The summed E-state index contributed by atoms with van der Waals surface area (Å²) in [5.74, 6) is -0.221. The van der Waals surface area contributed by atoms with Crippen molar-refractivity contribution in [2.75, 3.05) is 18.8 Å². The van der Waals surface area contributed by atoms with Crippen molar-refractivity contribution in [3.05, 3.63) is 65.9 Å². The fourth-order valence-electron chi connectivity index (χ4n) is 4.74. The number of nitrogens with two attached hydrogens (primary N) is 1. The Morgan fingerprint density at radius 3 is 2.40 bits per heavy atom. The molecule has 1 aromatic carbocycles. The monoisotopic (exact) mass is 472 g/mol. The second-order valence-electron chi connectivity index (χ2n) is 8.80. The van der Waals surface area contributed by atoms with E-state index in [2.05, 4.69) is 10.1 Å². The van der Waals surface area contributed by atoms with Crippen molar-refractivity contribution in [2.24, 2.45) is 0 Å². The van der Waals surface area contributed by atoms with Gasteiger partial charge in [0.05, 0.1) is 23.1 Å². The number of benzene rings is 1. The lowest BCUT2D eigenvalue weighted by Crippen LogP contribution is -2.37. The number of fused-ring (bicyclic) bond motifs is 1. The van der Waals surface area contributed by atoms with Crippen molar-refractivity contribution in [3.8, 4) is 22.4 Å². The molecule has 0 aliphatic carbocycles. The number of likely N-dealkylation sites (tertiary alicyclic amines) is 1. The van der Waals surface area contributed by atoms with Crippen LogP contribution in [0.4, 0.5) is 10.2 Å². The zero-order chi connectivity index (χ0) is 24.7. The molecule has 3 aromatic heterocycles. The first-order valence-corrected chi connectivity index (χ1v) is 11.5. The Labute approximate surface area is 201 Å². The van der Waals surface area contributed by atoms with Gasteiger partial charge in [-0.3, -0.25) is 14.6 Å². The fourth-order valence-corrected chi connectivity index (χ4v) is 4.74. The number of hydrogen-bond donors (Lipinski definition) is 1. The quantitative estimate of drug-likeness (QED) is 0.448. The second kappa shape index (κ2) is 8.90. The van der Waals surface area contributed by atoms with Crippen molar-refractivity contribution >= 4 is 23.2 Å². The summed E-state index contributed by atoms with van der Waals surface area (Å²) in [7, 11) is 0. The molecule has 4 heterocycles. The zero-order valence-electron chi connectivity index (χ0n) is 19.5. The number of hydrogen-bond acceptors (Lipinski definition) is 6. The molecule has 1 amide bonds. The number of nitrogens with zero attached hydrogens (tertiary/aromatic N) is 5. The van der Waals surface area contributed by atoms with Crippen LogP contribution in [0, 0.1) is 5.82 Å². The minimum Gasteiger partial charge on any atom is -0.383 e. The van der Waals surface area contributed by atoms with Crippen LogP contribution in [0.2, 0.25) is 0 Å². The SMILES string of the molecule is CC(=O)c1c(C2CCN(C(C)=O)CC2)nc2c(-c3ccc(-c4ccccc4F)nc3)cnn2c1N. The smallest absolute Gasteiger partial charge is 0.219 e. The molecule has 0 atom stereocenters. The van der Waals surface area contributed by atoms with Crippen molar-refractivity contribution in [3.63, 3.8) is 0 Å². The van der Waals surface area contributed by atoms with Gasteiger partial charge in [-0.1, -0.05) is 18.2 Å². The Hall–Kier alpha value is -4.14. The maximum absolute atomic E-state index is 14.2. The lowest BCUT2D eigenvalue weighted by molar-refractivity contribution is -0.129. The predicted molar refractivity (Wildman–Crippen MR) is 130 cm³/mol. The zero-order valence-corrected chi connectivity index (χ0v) is 19.5. The van der Waals surface area contributed by atoms with Crippen LogP contribution in [0.1, 0.15) is 48.7 Å². The van der Waals surface area contributed by atoms with Crippen molar-refractivity contribution in [1.29, 1.82) is 0 Å². The highest BCUT2D eigenvalue weighted by molar-refractivity contribution is 6.00. The number of ketones is 1. The Bertz CT molecular complexity index is 1440. The van der Waals surface area contributed by atoms with Gasteiger partial charge in [-0.2, -0.15) is 9.61 Å². The Morgan fingerprint density at radius 2 is 1.77 bits per heavy atom. The van der Waals surface area contributed by atoms with E-state index in [0.717, 1.165) is 5.56 Å². The molecule has 1 fully saturated rings. The van der Waals surface area contributed by atoms with Gasteiger partial charge in [-0.05, 0) is 38.0 Å².